The van der Waals surface area contributed by atoms with Gasteiger partial charge in [-0.2, -0.15) is 0 Å². The SMILES string of the molecule is CCOc1ccc(OC[C@H](O)CNC2CCN(C[C@H](O)COc3ccc(Cl)c(Cl)c3)CC2)cc1. The zero-order valence-corrected chi connectivity index (χ0v) is 21.0. The third kappa shape index (κ3) is 9.13. The molecular formula is C25H34Cl2N2O5. The molecule has 1 aliphatic heterocycles. The summed E-state index contributed by atoms with van der Waals surface area (Å²) in [5.74, 6) is 2.09. The molecule has 9 heteroatoms. The molecule has 1 heterocycles. The summed E-state index contributed by atoms with van der Waals surface area (Å²) in [6, 6.07) is 12.8. The van der Waals surface area contributed by atoms with Gasteiger partial charge in [0.2, 0.25) is 0 Å². The molecule has 1 saturated heterocycles. The summed E-state index contributed by atoms with van der Waals surface area (Å²) in [6.45, 7) is 5.76. The molecule has 0 spiro atoms. The highest BCUT2D eigenvalue weighted by Crippen LogP contribution is 2.26. The Bertz CT molecular complexity index is 863. The van der Waals surface area contributed by atoms with Gasteiger partial charge in [0.05, 0.1) is 16.7 Å². The van der Waals surface area contributed by atoms with Crippen LogP contribution in [0, 0.1) is 0 Å². The van der Waals surface area contributed by atoms with Crippen molar-refractivity contribution in [3.8, 4) is 17.2 Å². The van der Waals surface area contributed by atoms with Crippen LogP contribution >= 0.6 is 23.2 Å². The Morgan fingerprint density at radius 2 is 1.47 bits per heavy atom. The van der Waals surface area contributed by atoms with Crippen molar-refractivity contribution in [1.82, 2.24) is 10.2 Å². The van der Waals surface area contributed by atoms with E-state index in [1.807, 2.05) is 31.2 Å². The highest BCUT2D eigenvalue weighted by molar-refractivity contribution is 6.42. The van der Waals surface area contributed by atoms with Gasteiger partial charge in [-0.15, -0.1) is 0 Å². The number of aliphatic hydroxyl groups is 2. The molecule has 188 valence electrons. The fourth-order valence-electron chi connectivity index (χ4n) is 3.78. The highest BCUT2D eigenvalue weighted by atomic mass is 35.5. The van der Waals surface area contributed by atoms with E-state index < -0.39 is 12.2 Å². The van der Waals surface area contributed by atoms with E-state index in [0.29, 0.717) is 47.3 Å². The molecule has 2 aromatic rings. The molecule has 2 atom stereocenters. The van der Waals surface area contributed by atoms with E-state index >= 15 is 0 Å². The Kier molecular flexibility index (Phi) is 11.0. The molecule has 0 aliphatic carbocycles. The predicted molar refractivity (Wildman–Crippen MR) is 135 cm³/mol. The lowest BCUT2D eigenvalue weighted by Gasteiger charge is -2.33. The van der Waals surface area contributed by atoms with Crippen LogP contribution in [0.15, 0.2) is 42.5 Å². The lowest BCUT2D eigenvalue weighted by molar-refractivity contribution is 0.0556. The summed E-state index contributed by atoms with van der Waals surface area (Å²) < 4.78 is 16.7. The minimum Gasteiger partial charge on any atom is -0.494 e. The number of hydrogen-bond acceptors (Lipinski definition) is 7. The molecule has 34 heavy (non-hydrogen) atoms. The standard InChI is InChI=1S/C25H34Cl2N2O5/c1-2-32-21-3-5-22(6-4-21)33-16-19(30)14-28-18-9-11-29(12-10-18)15-20(31)17-34-23-7-8-24(26)25(27)13-23/h3-8,13,18-20,28,30-31H,2,9-12,14-17H2,1H3/t19-,20+/m1/s1. The minimum atomic E-state index is -0.597. The van der Waals surface area contributed by atoms with Gasteiger partial charge < -0.3 is 34.6 Å². The maximum atomic E-state index is 10.3. The van der Waals surface area contributed by atoms with Crippen LogP contribution in [-0.2, 0) is 0 Å². The van der Waals surface area contributed by atoms with Crippen molar-refractivity contribution >= 4 is 23.2 Å². The van der Waals surface area contributed by atoms with Crippen LogP contribution in [-0.4, -0.2) is 79.4 Å². The van der Waals surface area contributed by atoms with Crippen LogP contribution in [0.5, 0.6) is 17.2 Å². The Morgan fingerprint density at radius 1 is 0.882 bits per heavy atom. The molecule has 0 amide bonds. The Hall–Kier alpha value is -1.74. The van der Waals surface area contributed by atoms with Gasteiger partial charge in [0.15, 0.2) is 0 Å². The van der Waals surface area contributed by atoms with E-state index in [1.54, 1.807) is 18.2 Å². The van der Waals surface area contributed by atoms with Gasteiger partial charge in [0, 0.05) is 25.2 Å². The molecular weight excluding hydrogens is 479 g/mol. The maximum absolute atomic E-state index is 10.3. The Morgan fingerprint density at radius 3 is 2.12 bits per heavy atom. The molecule has 0 radical (unpaired) electrons. The zero-order chi connectivity index (χ0) is 24.3. The topological polar surface area (TPSA) is 83.4 Å². The quantitative estimate of drug-likeness (QED) is 0.378. The van der Waals surface area contributed by atoms with E-state index in [9.17, 15) is 10.2 Å². The number of rotatable bonds is 13. The molecule has 0 bridgehead atoms. The molecule has 1 fully saturated rings. The molecule has 3 rings (SSSR count). The summed E-state index contributed by atoms with van der Waals surface area (Å²) in [7, 11) is 0. The lowest BCUT2D eigenvalue weighted by Crippen LogP contribution is -2.47. The number of piperidine rings is 1. The van der Waals surface area contributed by atoms with Crippen LogP contribution in [0.4, 0.5) is 0 Å². The minimum absolute atomic E-state index is 0.191. The molecule has 7 nitrogen and oxygen atoms in total. The van der Waals surface area contributed by atoms with Crippen molar-refractivity contribution in [2.45, 2.75) is 38.0 Å². The van der Waals surface area contributed by atoms with Gasteiger partial charge in [0.1, 0.15) is 42.7 Å². The van der Waals surface area contributed by atoms with Crippen LogP contribution in [0.25, 0.3) is 0 Å². The molecule has 2 aromatic carbocycles. The lowest BCUT2D eigenvalue weighted by atomic mass is 10.0. The van der Waals surface area contributed by atoms with Crippen molar-refractivity contribution in [3.63, 3.8) is 0 Å². The second-order valence-electron chi connectivity index (χ2n) is 8.39. The summed E-state index contributed by atoms with van der Waals surface area (Å²) in [5.41, 5.74) is 0. The summed E-state index contributed by atoms with van der Waals surface area (Å²) >= 11 is 11.9. The Balaban J connectivity index is 1.27. The number of nitrogens with zero attached hydrogens (tertiary/aromatic N) is 1. The molecule has 0 unspecified atom stereocenters. The number of β-amino-alcohol motifs (C(OH)–C–C–N with tert-alkyl or cyclic N) is 1. The van der Waals surface area contributed by atoms with Gasteiger partial charge in [-0.1, -0.05) is 23.2 Å². The largest absolute Gasteiger partial charge is 0.494 e. The Labute approximate surface area is 211 Å². The highest BCUT2D eigenvalue weighted by Gasteiger charge is 2.21. The van der Waals surface area contributed by atoms with Crippen molar-refractivity contribution in [1.29, 1.82) is 0 Å². The zero-order valence-electron chi connectivity index (χ0n) is 19.5. The van der Waals surface area contributed by atoms with Gasteiger partial charge in [-0.05, 0) is 69.3 Å². The van der Waals surface area contributed by atoms with Gasteiger partial charge in [0.25, 0.3) is 0 Å². The van der Waals surface area contributed by atoms with E-state index in [4.69, 9.17) is 37.4 Å². The van der Waals surface area contributed by atoms with Crippen molar-refractivity contribution < 1.29 is 24.4 Å². The first-order valence-corrected chi connectivity index (χ1v) is 12.4. The van der Waals surface area contributed by atoms with Crippen molar-refractivity contribution in [2.24, 2.45) is 0 Å². The number of benzene rings is 2. The van der Waals surface area contributed by atoms with E-state index in [0.717, 1.165) is 31.7 Å². The van der Waals surface area contributed by atoms with Crippen LogP contribution in [0.3, 0.4) is 0 Å². The van der Waals surface area contributed by atoms with Crippen molar-refractivity contribution in [2.75, 3.05) is 46.0 Å². The average molecular weight is 513 g/mol. The summed E-state index contributed by atoms with van der Waals surface area (Å²) in [5, 5.41) is 24.9. The first-order chi connectivity index (χ1) is 16.4. The summed E-state index contributed by atoms with van der Waals surface area (Å²) in [4.78, 5) is 2.23. The maximum Gasteiger partial charge on any atom is 0.121 e. The predicted octanol–water partition coefficient (Wildman–Crippen LogP) is 3.63. The van der Waals surface area contributed by atoms with Gasteiger partial charge in [-0.3, -0.25) is 0 Å². The normalized spacial score (nSPS) is 16.7. The van der Waals surface area contributed by atoms with E-state index in [2.05, 4.69) is 10.2 Å². The average Bonchev–Trinajstić information content (AvgIpc) is 2.84. The van der Waals surface area contributed by atoms with Gasteiger partial charge in [-0.25, -0.2) is 0 Å². The van der Waals surface area contributed by atoms with Crippen LogP contribution in [0.1, 0.15) is 19.8 Å². The third-order valence-electron chi connectivity index (χ3n) is 5.61. The first kappa shape index (κ1) is 26.9. The number of aliphatic hydroxyl groups excluding tert-OH is 2. The monoisotopic (exact) mass is 512 g/mol. The fourth-order valence-corrected chi connectivity index (χ4v) is 4.07. The van der Waals surface area contributed by atoms with Crippen LogP contribution < -0.4 is 19.5 Å². The number of ether oxygens (including phenoxy) is 3. The molecule has 1 aliphatic rings. The third-order valence-corrected chi connectivity index (χ3v) is 6.35. The molecule has 0 aromatic heterocycles. The molecule has 0 saturated carbocycles. The second-order valence-corrected chi connectivity index (χ2v) is 9.21. The fraction of sp³-hybridized carbons (Fsp3) is 0.520. The van der Waals surface area contributed by atoms with E-state index in [1.165, 1.54) is 0 Å². The molecule has 3 N–H and O–H groups in total. The first-order valence-electron chi connectivity index (χ1n) is 11.7. The second kappa shape index (κ2) is 14.0. The number of halogens is 2. The number of likely N-dealkylation sites (tertiary alicyclic amines) is 1. The van der Waals surface area contributed by atoms with Crippen LogP contribution in [0.2, 0.25) is 10.0 Å². The number of hydrogen-bond donors (Lipinski definition) is 3. The van der Waals surface area contributed by atoms with Gasteiger partial charge >= 0.3 is 0 Å². The summed E-state index contributed by atoms with van der Waals surface area (Å²) in [6.07, 6.45) is 0.713. The smallest absolute Gasteiger partial charge is 0.121 e. The van der Waals surface area contributed by atoms with E-state index in [-0.39, 0.29) is 13.2 Å². The van der Waals surface area contributed by atoms with Crippen molar-refractivity contribution in [3.05, 3.63) is 52.5 Å². The number of nitrogens with one attached hydrogen (secondary N) is 1.